The molecule has 252 valence electrons. The summed E-state index contributed by atoms with van der Waals surface area (Å²) in [5.74, 6) is 0. The summed E-state index contributed by atoms with van der Waals surface area (Å²) < 4.78 is 69.1. The molecule has 0 aliphatic heterocycles. The molecule has 1 saturated carbocycles. The average Bonchev–Trinajstić information content (AvgIpc) is 2.86. The lowest BCUT2D eigenvalue weighted by atomic mass is 9.84. The number of unbranched alkanes of at least 4 members (excludes halogenated alkanes) is 9. The highest BCUT2D eigenvalue weighted by molar-refractivity contribution is 7.47. The molecule has 1 fully saturated rings. The van der Waals surface area contributed by atoms with Crippen LogP contribution in [0.1, 0.15) is 97.8 Å². The molecule has 0 aromatic rings. The van der Waals surface area contributed by atoms with Crippen LogP contribution < -0.4 is 0 Å². The van der Waals surface area contributed by atoms with E-state index in [1.54, 1.807) is 0 Å². The van der Waals surface area contributed by atoms with Crippen LogP contribution in [0.5, 0.6) is 0 Å². The zero-order chi connectivity index (χ0) is 31.8. The van der Waals surface area contributed by atoms with Crippen molar-refractivity contribution in [2.45, 2.75) is 134 Å². The summed E-state index contributed by atoms with van der Waals surface area (Å²) in [6.45, 7) is 6.33. The van der Waals surface area contributed by atoms with Crippen LogP contribution in [0.4, 0.5) is 0 Å². The SMILES string of the molecule is CCCCCCO[C@@H]1[C@@H](OCCCCCC)[C@H](OP(=O)(O)O)[C@@H](OP(=O)(O)O)[C@@H](OP(=O)(O)O)[C@H]1OCCCCCC. The molecule has 0 amide bonds. The van der Waals surface area contributed by atoms with E-state index in [1.165, 1.54) is 0 Å². The van der Waals surface area contributed by atoms with Crippen LogP contribution in [0.25, 0.3) is 0 Å². The maximum atomic E-state index is 12.1. The van der Waals surface area contributed by atoms with Gasteiger partial charge in [-0.2, -0.15) is 0 Å². The maximum Gasteiger partial charge on any atom is 0.470 e. The fourth-order valence-corrected chi connectivity index (χ4v) is 6.44. The zero-order valence-corrected chi connectivity index (χ0v) is 27.5. The number of rotatable bonds is 24. The molecule has 0 radical (unpaired) electrons. The molecule has 0 aromatic heterocycles. The summed E-state index contributed by atoms with van der Waals surface area (Å²) in [6.07, 6.45) is -0.564. The fraction of sp³-hybridized carbons (Fsp3) is 1.00. The molecule has 6 atom stereocenters. The quantitative estimate of drug-likeness (QED) is 0.0619. The Morgan fingerprint density at radius 1 is 0.405 bits per heavy atom. The van der Waals surface area contributed by atoms with Gasteiger partial charge in [-0.3, -0.25) is 13.6 Å². The number of phosphoric acid groups is 3. The summed E-state index contributed by atoms with van der Waals surface area (Å²) in [6, 6.07) is 0. The minimum atomic E-state index is -5.45. The van der Waals surface area contributed by atoms with E-state index in [4.69, 9.17) is 27.8 Å². The second-order valence-corrected chi connectivity index (χ2v) is 13.9. The van der Waals surface area contributed by atoms with E-state index >= 15 is 0 Å². The molecule has 0 spiro atoms. The first-order valence-corrected chi connectivity index (χ1v) is 19.3. The second-order valence-electron chi connectivity index (χ2n) is 10.4. The van der Waals surface area contributed by atoms with E-state index in [1.807, 2.05) is 20.8 Å². The molecule has 1 aliphatic carbocycles. The third kappa shape index (κ3) is 17.1. The van der Waals surface area contributed by atoms with Gasteiger partial charge < -0.3 is 43.6 Å². The van der Waals surface area contributed by atoms with Crippen LogP contribution in [0.15, 0.2) is 0 Å². The molecule has 0 unspecified atom stereocenters. The third-order valence-electron chi connectivity index (χ3n) is 6.64. The van der Waals surface area contributed by atoms with Crippen LogP contribution in [-0.2, 0) is 41.5 Å². The molecule has 18 heteroatoms. The summed E-state index contributed by atoms with van der Waals surface area (Å²) >= 11 is 0. The van der Waals surface area contributed by atoms with Gasteiger partial charge in [0, 0.05) is 19.8 Å². The fourth-order valence-electron chi connectivity index (χ4n) is 4.77. The van der Waals surface area contributed by atoms with Crippen molar-refractivity contribution in [3.8, 4) is 0 Å². The van der Waals surface area contributed by atoms with E-state index < -0.39 is 60.1 Å². The van der Waals surface area contributed by atoms with E-state index in [0.717, 1.165) is 57.8 Å². The highest BCUT2D eigenvalue weighted by Crippen LogP contribution is 2.51. The van der Waals surface area contributed by atoms with Crippen molar-refractivity contribution in [3.05, 3.63) is 0 Å². The molecule has 15 nitrogen and oxygen atoms in total. The molecule has 0 heterocycles. The summed E-state index contributed by atoms with van der Waals surface area (Å²) in [4.78, 5) is 58.3. The standard InChI is InChI=1S/C24H51O15P3/c1-4-7-10-13-16-34-19-20(35-17-14-11-8-5-2)22(37-40(25,26)27)24(39-42(31,32)33)23(38-41(28,29)30)21(19)36-18-15-12-9-6-3/h19-24H,4-18H2,1-3H3,(H2,25,26,27)(H2,28,29,30)(H2,31,32,33)/t19-,20-,21+,22-,23-,24-/m0/s1. The number of phosphoric ester groups is 3. The molecule has 0 aromatic carbocycles. The van der Waals surface area contributed by atoms with Crippen molar-refractivity contribution >= 4 is 23.5 Å². The van der Waals surface area contributed by atoms with Gasteiger partial charge >= 0.3 is 23.5 Å². The minimum absolute atomic E-state index is 0.0667. The van der Waals surface area contributed by atoms with E-state index in [2.05, 4.69) is 0 Å². The Morgan fingerprint density at radius 3 is 0.881 bits per heavy atom. The van der Waals surface area contributed by atoms with Gasteiger partial charge in [0.25, 0.3) is 0 Å². The van der Waals surface area contributed by atoms with Gasteiger partial charge in [-0.25, -0.2) is 13.7 Å². The second kappa shape index (κ2) is 20.4. The highest BCUT2D eigenvalue weighted by atomic mass is 31.2. The molecule has 0 bridgehead atoms. The predicted molar refractivity (Wildman–Crippen MR) is 152 cm³/mol. The van der Waals surface area contributed by atoms with Gasteiger partial charge in [0.05, 0.1) is 0 Å². The normalized spacial score (nSPS) is 25.6. The predicted octanol–water partition coefficient (Wildman–Crippen LogP) is 4.33. The lowest BCUT2D eigenvalue weighted by Gasteiger charge is -2.49. The first-order valence-electron chi connectivity index (χ1n) is 14.7. The van der Waals surface area contributed by atoms with E-state index in [0.29, 0.717) is 19.3 Å². The van der Waals surface area contributed by atoms with Crippen molar-refractivity contribution in [1.29, 1.82) is 0 Å². The Balaban J connectivity index is 3.61. The van der Waals surface area contributed by atoms with Crippen molar-refractivity contribution < 1.29 is 70.8 Å². The van der Waals surface area contributed by atoms with Crippen molar-refractivity contribution in [1.82, 2.24) is 0 Å². The molecule has 1 aliphatic rings. The number of hydrogen-bond donors (Lipinski definition) is 6. The molecular formula is C24H51O15P3. The lowest BCUT2D eigenvalue weighted by molar-refractivity contribution is -0.248. The number of ether oxygens (including phenoxy) is 3. The Morgan fingerprint density at radius 2 is 0.643 bits per heavy atom. The lowest BCUT2D eigenvalue weighted by Crippen LogP contribution is -2.67. The Kier molecular flexibility index (Phi) is 19.5. The van der Waals surface area contributed by atoms with Crippen LogP contribution in [0, 0.1) is 0 Å². The zero-order valence-electron chi connectivity index (χ0n) is 24.8. The first kappa shape index (κ1) is 40.2. The van der Waals surface area contributed by atoms with Crippen molar-refractivity contribution in [2.75, 3.05) is 19.8 Å². The molecule has 1 rings (SSSR count). The van der Waals surface area contributed by atoms with Gasteiger partial charge in [-0.1, -0.05) is 78.6 Å². The monoisotopic (exact) mass is 672 g/mol. The minimum Gasteiger partial charge on any atom is -0.373 e. The molecule has 0 saturated heterocycles. The average molecular weight is 673 g/mol. The Labute approximate surface area is 248 Å². The summed E-state index contributed by atoms with van der Waals surface area (Å²) in [5, 5.41) is 0. The summed E-state index contributed by atoms with van der Waals surface area (Å²) in [7, 11) is -16.2. The van der Waals surface area contributed by atoms with Gasteiger partial charge in [0.2, 0.25) is 0 Å². The largest absolute Gasteiger partial charge is 0.470 e. The van der Waals surface area contributed by atoms with Crippen LogP contribution in [0.3, 0.4) is 0 Å². The van der Waals surface area contributed by atoms with Crippen LogP contribution in [-0.4, -0.2) is 85.8 Å². The summed E-state index contributed by atoms with van der Waals surface area (Å²) in [5.41, 5.74) is 0. The van der Waals surface area contributed by atoms with Crippen LogP contribution >= 0.6 is 23.5 Å². The maximum absolute atomic E-state index is 12.1. The van der Waals surface area contributed by atoms with Crippen molar-refractivity contribution in [3.63, 3.8) is 0 Å². The molecular weight excluding hydrogens is 621 g/mol. The third-order valence-corrected chi connectivity index (χ3v) is 8.20. The van der Waals surface area contributed by atoms with Gasteiger partial charge in [0.1, 0.15) is 36.6 Å². The van der Waals surface area contributed by atoms with E-state index in [-0.39, 0.29) is 19.8 Å². The van der Waals surface area contributed by atoms with Crippen LogP contribution in [0.2, 0.25) is 0 Å². The van der Waals surface area contributed by atoms with Crippen molar-refractivity contribution in [2.24, 2.45) is 0 Å². The topological polar surface area (TPSA) is 228 Å². The Bertz CT molecular complexity index is 810. The highest BCUT2D eigenvalue weighted by Gasteiger charge is 2.59. The van der Waals surface area contributed by atoms with Gasteiger partial charge in [-0.15, -0.1) is 0 Å². The molecule has 42 heavy (non-hydrogen) atoms. The molecule has 6 N–H and O–H groups in total. The Hall–Kier alpha value is 0.210. The van der Waals surface area contributed by atoms with E-state index in [9.17, 15) is 43.1 Å². The van der Waals surface area contributed by atoms with Gasteiger partial charge in [-0.05, 0) is 19.3 Å². The van der Waals surface area contributed by atoms with Gasteiger partial charge in [0.15, 0.2) is 0 Å². The first-order chi connectivity index (χ1) is 19.6. The smallest absolute Gasteiger partial charge is 0.373 e. The number of hydrogen-bond acceptors (Lipinski definition) is 9.